The summed E-state index contributed by atoms with van der Waals surface area (Å²) < 4.78 is 65.3. The maximum Gasteiger partial charge on any atom is 1.00 e. The van der Waals surface area contributed by atoms with Crippen LogP contribution in [0, 0.1) is 0 Å². The molecule has 3 aromatic rings. The fourth-order valence-electron chi connectivity index (χ4n) is 2.78. The van der Waals surface area contributed by atoms with E-state index in [1.807, 2.05) is 0 Å². The van der Waals surface area contributed by atoms with E-state index in [4.69, 9.17) is 5.73 Å². The minimum atomic E-state index is -5.02. The van der Waals surface area contributed by atoms with E-state index >= 15 is 0 Å². The van der Waals surface area contributed by atoms with Crippen molar-refractivity contribution in [2.75, 3.05) is 5.73 Å². The average molecular weight is 515 g/mol. The van der Waals surface area contributed by atoms with Gasteiger partial charge in [-0.3, -0.25) is 9.11 Å². The number of nitrogens with zero attached hydrogens (tertiary/aromatic N) is 2. The largest absolute Gasteiger partial charge is 1.00 e. The third kappa shape index (κ3) is 6.30. The fraction of sp³-hybridized carbons (Fsp3) is 0. The number of azo groups is 1. The van der Waals surface area contributed by atoms with Crippen LogP contribution in [0.4, 0.5) is 17.1 Å². The second kappa shape index (κ2) is 10.8. The van der Waals surface area contributed by atoms with Gasteiger partial charge in [-0.15, -0.1) is 10.2 Å². The zero-order chi connectivity index (χ0) is 23.1. The number of hydrogen-bond donors (Lipinski definition) is 5. The Balaban J connectivity index is 0. The summed E-state index contributed by atoms with van der Waals surface area (Å²) >= 11 is 0. The first kappa shape index (κ1) is 29.4. The molecule has 0 radical (unpaired) electrons. The van der Waals surface area contributed by atoms with Crippen LogP contribution in [-0.2, 0) is 20.2 Å². The van der Waals surface area contributed by atoms with Gasteiger partial charge < -0.3 is 18.8 Å². The molecule has 166 valence electrons. The maximum absolute atomic E-state index is 11.9. The number of nitrogen functional groups attached to an aromatic ring is 1. The van der Waals surface area contributed by atoms with Crippen molar-refractivity contribution < 1.29 is 103 Å². The molecule has 0 amide bonds. The second-order valence-electron chi connectivity index (χ2n) is 6.15. The molecule has 16 heteroatoms. The molecule has 0 atom stereocenters. The van der Waals surface area contributed by atoms with E-state index in [1.165, 1.54) is 24.3 Å². The Kier molecular flexibility index (Phi) is 9.61. The number of nitrogens with two attached hydrogens (primary N) is 1. The number of fused-ring (bicyclic) bond motifs is 1. The number of carboxylic acid groups (broad SMARTS) is 1. The SMILES string of the molecule is Nc1cc(S(=O)(=O)O)cc2cc(S(=O)(=O)O)c(N=Nc3ccccc3C(=O)O)c(O)c12.[H-].[H-].[Na+].[Na+]. The van der Waals surface area contributed by atoms with Gasteiger partial charge in [-0.25, -0.2) is 4.79 Å². The van der Waals surface area contributed by atoms with Gasteiger partial charge in [0.05, 0.1) is 10.5 Å². The van der Waals surface area contributed by atoms with Crippen LogP contribution in [0.15, 0.2) is 62.5 Å². The molecule has 0 spiro atoms. The first-order valence-corrected chi connectivity index (χ1v) is 11.0. The van der Waals surface area contributed by atoms with Gasteiger partial charge in [0, 0.05) is 11.1 Å². The Morgan fingerprint density at radius 3 is 2.09 bits per heavy atom. The molecule has 0 aliphatic heterocycles. The Bertz CT molecular complexity index is 1500. The van der Waals surface area contributed by atoms with Crippen molar-refractivity contribution in [3.05, 3.63) is 48.0 Å². The van der Waals surface area contributed by atoms with Crippen molar-refractivity contribution in [1.82, 2.24) is 0 Å². The van der Waals surface area contributed by atoms with Crippen LogP contribution >= 0.6 is 0 Å². The summed E-state index contributed by atoms with van der Waals surface area (Å²) in [6.45, 7) is 0. The standard InChI is InChI=1S/C17H13N3O9S2.2Na.2H/c18-11-7-9(30(24,25)26)5-8-6-13(31(27,28)29)15(16(21)14(8)11)20-19-12-4-2-1-3-10(12)17(22)23;;;;/h1-7,21H,18H2,(H,22,23)(H,24,25,26)(H,27,28,29);;;;/q;2*+1;2*-1. The van der Waals surface area contributed by atoms with Gasteiger partial charge in [0.25, 0.3) is 20.2 Å². The molecular weight excluding hydrogens is 500 g/mol. The van der Waals surface area contributed by atoms with E-state index < -0.39 is 47.4 Å². The van der Waals surface area contributed by atoms with Crippen LogP contribution in [-0.4, -0.2) is 42.1 Å². The van der Waals surface area contributed by atoms with Crippen LogP contribution in [0.1, 0.15) is 13.2 Å². The molecular formula is C17H15N3Na2O9S2. The maximum atomic E-state index is 11.9. The summed E-state index contributed by atoms with van der Waals surface area (Å²) in [6, 6.07) is 7.78. The third-order valence-electron chi connectivity index (χ3n) is 4.12. The van der Waals surface area contributed by atoms with Gasteiger partial charge in [-0.05, 0) is 35.7 Å². The van der Waals surface area contributed by atoms with E-state index in [9.17, 15) is 40.9 Å². The van der Waals surface area contributed by atoms with Gasteiger partial charge in [-0.1, -0.05) is 12.1 Å². The first-order valence-electron chi connectivity index (χ1n) is 8.09. The van der Waals surface area contributed by atoms with E-state index in [-0.39, 0.29) is 89.7 Å². The molecule has 6 N–H and O–H groups in total. The van der Waals surface area contributed by atoms with E-state index in [2.05, 4.69) is 10.2 Å². The molecule has 0 saturated carbocycles. The Morgan fingerprint density at radius 2 is 1.55 bits per heavy atom. The number of hydrogen-bond acceptors (Lipinski definition) is 9. The van der Waals surface area contributed by atoms with Gasteiger partial charge >= 0.3 is 65.1 Å². The smallest absolute Gasteiger partial charge is 1.00 e. The van der Waals surface area contributed by atoms with Crippen LogP contribution in [0.2, 0.25) is 0 Å². The summed E-state index contributed by atoms with van der Waals surface area (Å²) in [5.74, 6) is -2.21. The predicted octanol–water partition coefficient (Wildman–Crippen LogP) is -3.03. The minimum Gasteiger partial charge on any atom is -1.00 e. The van der Waals surface area contributed by atoms with Gasteiger partial charge in [0.2, 0.25) is 0 Å². The molecule has 0 saturated heterocycles. The predicted molar refractivity (Wildman–Crippen MR) is 109 cm³/mol. The van der Waals surface area contributed by atoms with Crippen molar-refractivity contribution in [3.63, 3.8) is 0 Å². The molecule has 0 bridgehead atoms. The molecule has 33 heavy (non-hydrogen) atoms. The molecule has 3 aromatic carbocycles. The number of aromatic hydroxyl groups is 1. The first-order chi connectivity index (χ1) is 14.3. The number of phenols is 1. The van der Waals surface area contributed by atoms with E-state index in [1.54, 1.807) is 0 Å². The monoisotopic (exact) mass is 515 g/mol. The Hall–Kier alpha value is -1.59. The summed E-state index contributed by atoms with van der Waals surface area (Å²) in [6.07, 6.45) is 0. The second-order valence-corrected chi connectivity index (χ2v) is 8.97. The fourth-order valence-corrected chi connectivity index (χ4v) is 3.99. The Labute approximate surface area is 234 Å². The summed E-state index contributed by atoms with van der Waals surface area (Å²) in [4.78, 5) is 9.65. The number of phenolic OH excluding ortho intramolecular Hbond substituents is 1. The molecule has 0 aliphatic rings. The zero-order valence-corrected chi connectivity index (χ0v) is 22.8. The Morgan fingerprint density at radius 1 is 0.939 bits per heavy atom. The summed E-state index contributed by atoms with van der Waals surface area (Å²) in [7, 11) is -9.74. The minimum absolute atomic E-state index is 0. The topological polar surface area (TPSA) is 217 Å². The third-order valence-corrected chi connectivity index (χ3v) is 5.82. The number of carboxylic acids is 1. The molecule has 3 rings (SSSR count). The number of carbonyl (C=O) groups is 1. The van der Waals surface area contributed by atoms with Gasteiger partial charge in [0.15, 0.2) is 5.75 Å². The number of aromatic carboxylic acids is 1. The number of rotatable bonds is 5. The van der Waals surface area contributed by atoms with Crippen molar-refractivity contribution in [3.8, 4) is 5.75 Å². The summed E-state index contributed by atoms with van der Waals surface area (Å²) in [5.41, 5.74) is 4.20. The molecule has 0 aliphatic carbocycles. The van der Waals surface area contributed by atoms with Crippen molar-refractivity contribution in [2.45, 2.75) is 9.79 Å². The van der Waals surface area contributed by atoms with E-state index in [0.29, 0.717) is 0 Å². The normalized spacial score (nSPS) is 11.7. The molecule has 0 fully saturated rings. The van der Waals surface area contributed by atoms with Crippen LogP contribution in [0.25, 0.3) is 10.8 Å². The number of benzene rings is 3. The van der Waals surface area contributed by atoms with E-state index in [0.717, 1.165) is 18.2 Å². The van der Waals surface area contributed by atoms with Crippen molar-refractivity contribution in [1.29, 1.82) is 0 Å². The molecule has 12 nitrogen and oxygen atoms in total. The van der Waals surface area contributed by atoms with Gasteiger partial charge in [0.1, 0.15) is 16.3 Å². The summed E-state index contributed by atoms with van der Waals surface area (Å²) in [5, 5.41) is 26.6. The average Bonchev–Trinajstić information content (AvgIpc) is 2.65. The van der Waals surface area contributed by atoms with Crippen molar-refractivity contribution >= 4 is 54.0 Å². The zero-order valence-electron chi connectivity index (χ0n) is 19.2. The number of anilines is 1. The van der Waals surface area contributed by atoms with Gasteiger partial charge in [-0.2, -0.15) is 16.8 Å². The quantitative estimate of drug-likeness (QED) is 0.100. The molecule has 0 unspecified atom stereocenters. The van der Waals surface area contributed by atoms with Crippen LogP contribution < -0.4 is 64.8 Å². The molecule has 0 aromatic heterocycles. The van der Waals surface area contributed by atoms with Crippen LogP contribution in [0.3, 0.4) is 0 Å². The van der Waals surface area contributed by atoms with Crippen LogP contribution in [0.5, 0.6) is 5.75 Å². The molecule has 0 heterocycles. The van der Waals surface area contributed by atoms with Crippen molar-refractivity contribution in [2.24, 2.45) is 10.2 Å².